The maximum absolute atomic E-state index is 12.2. The lowest BCUT2D eigenvalue weighted by Crippen LogP contribution is -2.30. The second kappa shape index (κ2) is 7.84. The Morgan fingerprint density at radius 2 is 1.75 bits per heavy atom. The van der Waals surface area contributed by atoms with Crippen LogP contribution in [-0.4, -0.2) is 27.0 Å². The summed E-state index contributed by atoms with van der Waals surface area (Å²) in [6.07, 6.45) is 4.34. The summed E-state index contributed by atoms with van der Waals surface area (Å²) < 4.78 is 5.74. The van der Waals surface area contributed by atoms with E-state index >= 15 is 0 Å². The van der Waals surface area contributed by atoms with E-state index in [1.54, 1.807) is 37.6 Å². The van der Waals surface area contributed by atoms with Crippen molar-refractivity contribution >= 4 is 22.6 Å². The van der Waals surface area contributed by atoms with Crippen molar-refractivity contribution in [2.45, 2.75) is 13.0 Å². The van der Waals surface area contributed by atoms with Crippen LogP contribution in [0.1, 0.15) is 6.92 Å². The zero-order valence-electron chi connectivity index (χ0n) is 15.2. The number of amides is 1. The van der Waals surface area contributed by atoms with Crippen LogP contribution in [0.3, 0.4) is 0 Å². The molecule has 1 atom stereocenters. The fourth-order valence-corrected chi connectivity index (χ4v) is 2.74. The number of nitrogens with zero attached hydrogens (tertiary/aromatic N) is 3. The number of rotatable bonds is 5. The third-order valence-corrected chi connectivity index (χ3v) is 4.21. The third-order valence-electron chi connectivity index (χ3n) is 4.21. The largest absolute Gasteiger partial charge is 0.481 e. The van der Waals surface area contributed by atoms with Gasteiger partial charge in [0.05, 0.1) is 34.8 Å². The van der Waals surface area contributed by atoms with Gasteiger partial charge in [-0.15, -0.1) is 0 Å². The number of benzene rings is 2. The van der Waals surface area contributed by atoms with Crippen LogP contribution in [0, 0.1) is 0 Å². The van der Waals surface area contributed by atoms with Crippen molar-refractivity contribution in [3.8, 4) is 17.0 Å². The number of carbonyl (C=O) groups is 1. The van der Waals surface area contributed by atoms with E-state index in [1.807, 2.05) is 48.5 Å². The highest BCUT2D eigenvalue weighted by atomic mass is 16.5. The van der Waals surface area contributed by atoms with E-state index in [-0.39, 0.29) is 5.91 Å². The molecule has 0 saturated heterocycles. The van der Waals surface area contributed by atoms with Gasteiger partial charge in [-0.1, -0.05) is 12.1 Å². The zero-order valence-corrected chi connectivity index (χ0v) is 15.2. The number of hydrogen-bond donors (Lipinski definition) is 1. The average Bonchev–Trinajstić information content (AvgIpc) is 2.74. The summed E-state index contributed by atoms with van der Waals surface area (Å²) in [7, 11) is 0. The zero-order chi connectivity index (χ0) is 19.3. The number of para-hydroxylation sites is 2. The molecule has 0 aliphatic heterocycles. The van der Waals surface area contributed by atoms with Crippen LogP contribution >= 0.6 is 0 Å². The Bertz CT molecular complexity index is 1100. The number of nitrogens with one attached hydrogen (secondary N) is 1. The molecule has 1 N–H and O–H groups in total. The van der Waals surface area contributed by atoms with Crippen molar-refractivity contribution < 1.29 is 9.53 Å². The summed E-state index contributed by atoms with van der Waals surface area (Å²) in [6, 6.07) is 18.7. The first kappa shape index (κ1) is 17.6. The van der Waals surface area contributed by atoms with Crippen LogP contribution in [-0.2, 0) is 4.79 Å². The van der Waals surface area contributed by atoms with Gasteiger partial charge < -0.3 is 10.1 Å². The monoisotopic (exact) mass is 370 g/mol. The molecule has 6 heteroatoms. The lowest BCUT2D eigenvalue weighted by molar-refractivity contribution is -0.122. The molecule has 0 unspecified atom stereocenters. The van der Waals surface area contributed by atoms with Crippen molar-refractivity contribution in [1.29, 1.82) is 0 Å². The number of aromatic nitrogens is 3. The Hall–Kier alpha value is -3.80. The smallest absolute Gasteiger partial charge is 0.265 e. The Morgan fingerprint density at radius 3 is 2.50 bits per heavy atom. The molecule has 6 nitrogen and oxygen atoms in total. The second-order valence-electron chi connectivity index (χ2n) is 6.26. The molecule has 0 spiro atoms. The summed E-state index contributed by atoms with van der Waals surface area (Å²) in [4.78, 5) is 25.3. The number of fused-ring (bicyclic) bond motifs is 1. The van der Waals surface area contributed by atoms with E-state index in [4.69, 9.17) is 4.74 Å². The van der Waals surface area contributed by atoms with Crippen LogP contribution in [0.4, 0.5) is 5.69 Å². The highest BCUT2D eigenvalue weighted by molar-refractivity contribution is 5.93. The van der Waals surface area contributed by atoms with E-state index in [9.17, 15) is 4.79 Å². The summed E-state index contributed by atoms with van der Waals surface area (Å²) >= 11 is 0. The Labute approximate surface area is 162 Å². The van der Waals surface area contributed by atoms with Crippen molar-refractivity contribution in [2.24, 2.45) is 0 Å². The van der Waals surface area contributed by atoms with Gasteiger partial charge in [0.1, 0.15) is 5.75 Å². The lowest BCUT2D eigenvalue weighted by atomic mass is 10.1. The van der Waals surface area contributed by atoms with Crippen molar-refractivity contribution in [3.05, 3.63) is 79.3 Å². The number of pyridine rings is 1. The number of anilines is 1. The first-order chi connectivity index (χ1) is 13.7. The molecule has 0 aliphatic rings. The van der Waals surface area contributed by atoms with Gasteiger partial charge in [0.25, 0.3) is 5.91 Å². The number of ether oxygens (including phenoxy) is 1. The maximum atomic E-state index is 12.2. The highest BCUT2D eigenvalue weighted by Gasteiger charge is 2.15. The Morgan fingerprint density at radius 1 is 0.964 bits per heavy atom. The molecule has 0 fully saturated rings. The minimum absolute atomic E-state index is 0.238. The first-order valence-corrected chi connectivity index (χ1v) is 8.89. The fourth-order valence-electron chi connectivity index (χ4n) is 2.74. The topological polar surface area (TPSA) is 77.0 Å². The van der Waals surface area contributed by atoms with Gasteiger partial charge in [0, 0.05) is 11.8 Å². The Balaban J connectivity index is 1.44. The second-order valence-corrected chi connectivity index (χ2v) is 6.26. The molecule has 2 aromatic heterocycles. The van der Waals surface area contributed by atoms with Crippen LogP contribution in [0.2, 0.25) is 0 Å². The molecule has 0 aliphatic carbocycles. The van der Waals surface area contributed by atoms with Crippen LogP contribution in [0.15, 0.2) is 79.3 Å². The molecule has 0 radical (unpaired) electrons. The van der Waals surface area contributed by atoms with Gasteiger partial charge in [-0.2, -0.15) is 0 Å². The number of hydrogen-bond acceptors (Lipinski definition) is 5. The fraction of sp³-hybridized carbons (Fsp3) is 0.0909. The molecular formula is C22H18N4O2. The van der Waals surface area contributed by atoms with E-state index in [0.29, 0.717) is 11.4 Å². The van der Waals surface area contributed by atoms with E-state index in [0.717, 1.165) is 22.3 Å². The normalized spacial score (nSPS) is 11.8. The maximum Gasteiger partial charge on any atom is 0.265 e. The van der Waals surface area contributed by atoms with E-state index < -0.39 is 6.10 Å². The number of carbonyl (C=O) groups excluding carboxylic acids is 1. The van der Waals surface area contributed by atoms with Crippen molar-refractivity contribution in [2.75, 3.05) is 5.32 Å². The van der Waals surface area contributed by atoms with Gasteiger partial charge in [0.15, 0.2) is 6.10 Å². The van der Waals surface area contributed by atoms with Crippen LogP contribution in [0.5, 0.6) is 5.75 Å². The van der Waals surface area contributed by atoms with Crippen molar-refractivity contribution in [1.82, 2.24) is 15.0 Å². The molecule has 4 aromatic rings. The Kier molecular flexibility index (Phi) is 4.93. The summed E-state index contributed by atoms with van der Waals surface area (Å²) in [5.74, 6) is 0.365. The molecule has 0 saturated carbocycles. The summed E-state index contributed by atoms with van der Waals surface area (Å²) in [5.41, 5.74) is 4.06. The molecule has 0 bridgehead atoms. The SMILES string of the molecule is C[C@H](Oc1ccc(-c2cnc3ccccc3n2)cc1)C(=O)Nc1cccnc1. The summed E-state index contributed by atoms with van der Waals surface area (Å²) in [6.45, 7) is 1.70. The highest BCUT2D eigenvalue weighted by Crippen LogP contribution is 2.22. The average molecular weight is 370 g/mol. The van der Waals surface area contributed by atoms with Gasteiger partial charge >= 0.3 is 0 Å². The predicted octanol–water partition coefficient (Wildman–Crippen LogP) is 4.10. The summed E-state index contributed by atoms with van der Waals surface area (Å²) in [5, 5.41) is 2.77. The molecule has 28 heavy (non-hydrogen) atoms. The molecule has 4 rings (SSSR count). The predicted molar refractivity (Wildman–Crippen MR) is 108 cm³/mol. The van der Waals surface area contributed by atoms with Gasteiger partial charge in [-0.05, 0) is 55.5 Å². The standard InChI is InChI=1S/C22H18N4O2/c1-15(22(27)25-17-5-4-12-23-13-17)28-18-10-8-16(9-11-18)21-14-24-19-6-2-3-7-20(19)26-21/h2-15H,1H3,(H,25,27)/t15-/m0/s1. The van der Waals surface area contributed by atoms with Crippen LogP contribution < -0.4 is 10.1 Å². The first-order valence-electron chi connectivity index (χ1n) is 8.89. The molecule has 2 aromatic carbocycles. The van der Waals surface area contributed by atoms with Gasteiger partial charge in [-0.3, -0.25) is 14.8 Å². The van der Waals surface area contributed by atoms with E-state index in [1.165, 1.54) is 0 Å². The molecule has 138 valence electrons. The van der Waals surface area contributed by atoms with E-state index in [2.05, 4.69) is 20.3 Å². The molecule has 2 heterocycles. The molecule has 1 amide bonds. The van der Waals surface area contributed by atoms with Crippen molar-refractivity contribution in [3.63, 3.8) is 0 Å². The van der Waals surface area contributed by atoms with Gasteiger partial charge in [0.2, 0.25) is 0 Å². The minimum Gasteiger partial charge on any atom is -0.481 e. The lowest BCUT2D eigenvalue weighted by Gasteiger charge is -2.15. The third kappa shape index (κ3) is 3.96. The molecular weight excluding hydrogens is 352 g/mol. The van der Waals surface area contributed by atoms with Crippen LogP contribution in [0.25, 0.3) is 22.3 Å². The van der Waals surface area contributed by atoms with Gasteiger partial charge in [-0.25, -0.2) is 4.98 Å². The minimum atomic E-state index is -0.647. The quantitative estimate of drug-likeness (QED) is 0.572.